The van der Waals surface area contributed by atoms with Gasteiger partial charge in [0.05, 0.1) is 11.8 Å². The molecule has 20 heavy (non-hydrogen) atoms. The Balaban J connectivity index is 2.22. The van der Waals surface area contributed by atoms with Crippen molar-refractivity contribution >= 4 is 29.1 Å². The minimum Gasteiger partial charge on any atom is -0.339 e. The smallest absolute Gasteiger partial charge is 0.339 e. The molecule has 2 rings (SSSR count). The first-order chi connectivity index (χ1) is 9.40. The first-order valence-corrected chi connectivity index (χ1v) is 5.71. The van der Waals surface area contributed by atoms with Gasteiger partial charge in [-0.25, -0.2) is 10.8 Å². The Morgan fingerprint density at radius 2 is 1.80 bits per heavy atom. The highest BCUT2D eigenvalue weighted by molar-refractivity contribution is 6.32. The molecular weight excluding hydrogens is 295 g/mol. The van der Waals surface area contributed by atoms with E-state index in [1.54, 1.807) is 0 Å². The highest BCUT2D eigenvalue weighted by atomic mass is 35.5. The van der Waals surface area contributed by atoms with Crippen molar-refractivity contribution < 1.29 is 13.2 Å². The van der Waals surface area contributed by atoms with Crippen molar-refractivity contribution in [1.29, 1.82) is 0 Å². The number of nitrogens with two attached hydrogens (primary N) is 1. The van der Waals surface area contributed by atoms with Gasteiger partial charge >= 0.3 is 6.18 Å². The van der Waals surface area contributed by atoms with E-state index in [4.69, 9.17) is 17.4 Å². The zero-order chi connectivity index (χ0) is 14.8. The molecule has 0 bridgehead atoms. The third kappa shape index (κ3) is 3.28. The van der Waals surface area contributed by atoms with Gasteiger partial charge < -0.3 is 5.32 Å². The van der Waals surface area contributed by atoms with Crippen LogP contribution in [-0.2, 0) is 6.18 Å². The second kappa shape index (κ2) is 5.51. The maximum absolute atomic E-state index is 12.4. The molecule has 4 N–H and O–H groups in total. The number of hydrogen-bond acceptors (Lipinski definition) is 5. The number of nitrogens with one attached hydrogen (secondary N) is 2. The molecule has 1 heterocycles. The SMILES string of the molecule is NNc1ncc(Cl)c(Nc2ccc(C(F)(F)F)cc2)n1. The van der Waals surface area contributed by atoms with Crippen molar-refractivity contribution in [2.75, 3.05) is 10.7 Å². The van der Waals surface area contributed by atoms with E-state index in [1.807, 2.05) is 0 Å². The van der Waals surface area contributed by atoms with Gasteiger partial charge in [-0.05, 0) is 24.3 Å². The van der Waals surface area contributed by atoms with Crippen molar-refractivity contribution in [3.05, 3.63) is 41.0 Å². The van der Waals surface area contributed by atoms with E-state index in [1.165, 1.54) is 18.3 Å². The lowest BCUT2D eigenvalue weighted by atomic mass is 10.2. The Kier molecular flexibility index (Phi) is 3.96. The summed E-state index contributed by atoms with van der Waals surface area (Å²) in [5, 5.41) is 2.99. The fourth-order valence-corrected chi connectivity index (χ4v) is 1.54. The fraction of sp³-hybridized carbons (Fsp3) is 0.0909. The van der Waals surface area contributed by atoms with E-state index in [9.17, 15) is 13.2 Å². The summed E-state index contributed by atoms with van der Waals surface area (Å²) in [5.74, 6) is 5.52. The Bertz CT molecular complexity index is 600. The summed E-state index contributed by atoms with van der Waals surface area (Å²) in [6, 6.07) is 4.46. The van der Waals surface area contributed by atoms with Crippen molar-refractivity contribution in [3.8, 4) is 0 Å². The average Bonchev–Trinajstić information content (AvgIpc) is 2.41. The number of hydrazine groups is 1. The third-order valence-corrected chi connectivity index (χ3v) is 2.62. The van der Waals surface area contributed by atoms with E-state index >= 15 is 0 Å². The number of nitrogen functional groups attached to an aromatic ring is 1. The van der Waals surface area contributed by atoms with E-state index < -0.39 is 11.7 Å². The van der Waals surface area contributed by atoms with Crippen LogP contribution >= 0.6 is 11.6 Å². The Hall–Kier alpha value is -2.06. The molecule has 0 aliphatic heterocycles. The summed E-state index contributed by atoms with van der Waals surface area (Å²) >= 11 is 5.87. The van der Waals surface area contributed by atoms with E-state index in [0.717, 1.165) is 12.1 Å². The minimum absolute atomic E-state index is 0.129. The molecule has 106 valence electrons. The van der Waals surface area contributed by atoms with Gasteiger partial charge in [-0.2, -0.15) is 18.2 Å². The van der Waals surface area contributed by atoms with Crippen LogP contribution in [0.2, 0.25) is 5.02 Å². The summed E-state index contributed by atoms with van der Waals surface area (Å²) in [5.41, 5.74) is 1.91. The molecule has 0 spiro atoms. The van der Waals surface area contributed by atoms with Crippen LogP contribution in [0, 0.1) is 0 Å². The largest absolute Gasteiger partial charge is 0.416 e. The van der Waals surface area contributed by atoms with Crippen molar-refractivity contribution in [1.82, 2.24) is 9.97 Å². The highest BCUT2D eigenvalue weighted by Crippen LogP contribution is 2.31. The number of hydrogen-bond donors (Lipinski definition) is 3. The molecule has 0 aliphatic carbocycles. The number of alkyl halides is 3. The van der Waals surface area contributed by atoms with Gasteiger partial charge in [0.25, 0.3) is 0 Å². The molecule has 0 atom stereocenters. The molecule has 1 aromatic carbocycles. The monoisotopic (exact) mass is 303 g/mol. The van der Waals surface area contributed by atoms with Gasteiger partial charge in [-0.3, -0.25) is 5.43 Å². The molecule has 9 heteroatoms. The normalized spacial score (nSPS) is 11.2. The lowest BCUT2D eigenvalue weighted by Gasteiger charge is -2.10. The van der Waals surface area contributed by atoms with Crippen LogP contribution < -0.4 is 16.6 Å². The van der Waals surface area contributed by atoms with E-state index in [2.05, 4.69) is 20.7 Å². The van der Waals surface area contributed by atoms with Crippen molar-refractivity contribution in [2.24, 2.45) is 5.84 Å². The van der Waals surface area contributed by atoms with Gasteiger partial charge in [0.2, 0.25) is 5.95 Å². The number of aromatic nitrogens is 2. The summed E-state index contributed by atoms with van der Waals surface area (Å²) in [4.78, 5) is 7.72. The van der Waals surface area contributed by atoms with Crippen LogP contribution in [0.3, 0.4) is 0 Å². The third-order valence-electron chi connectivity index (χ3n) is 2.35. The zero-order valence-electron chi connectivity index (χ0n) is 9.87. The maximum Gasteiger partial charge on any atom is 0.416 e. The second-order valence-corrected chi connectivity index (χ2v) is 4.14. The number of benzene rings is 1. The molecule has 0 saturated heterocycles. The first-order valence-electron chi connectivity index (χ1n) is 5.33. The second-order valence-electron chi connectivity index (χ2n) is 3.73. The molecule has 0 saturated carbocycles. The quantitative estimate of drug-likeness (QED) is 0.600. The van der Waals surface area contributed by atoms with Gasteiger partial charge in [-0.15, -0.1) is 0 Å². The Morgan fingerprint density at radius 1 is 1.15 bits per heavy atom. The molecule has 0 radical (unpaired) electrons. The molecular formula is C11H9ClF3N5. The number of rotatable bonds is 3. The van der Waals surface area contributed by atoms with Crippen LogP contribution in [-0.4, -0.2) is 9.97 Å². The molecule has 0 unspecified atom stereocenters. The van der Waals surface area contributed by atoms with Crippen molar-refractivity contribution in [3.63, 3.8) is 0 Å². The predicted molar refractivity (Wildman–Crippen MR) is 69.6 cm³/mol. The predicted octanol–water partition coefficient (Wildman–Crippen LogP) is 3.18. The van der Waals surface area contributed by atoms with E-state index in [-0.39, 0.29) is 16.8 Å². The summed E-state index contributed by atoms with van der Waals surface area (Å²) < 4.78 is 37.3. The zero-order valence-corrected chi connectivity index (χ0v) is 10.6. The Labute approximate surface area is 117 Å². The van der Waals surface area contributed by atoms with Gasteiger partial charge in [0, 0.05) is 5.69 Å². The topological polar surface area (TPSA) is 75.9 Å². The summed E-state index contributed by atoms with van der Waals surface area (Å²) in [6.45, 7) is 0. The minimum atomic E-state index is -4.37. The average molecular weight is 304 g/mol. The summed E-state index contributed by atoms with van der Waals surface area (Å²) in [6.07, 6.45) is -3.06. The van der Waals surface area contributed by atoms with Crippen LogP contribution in [0.1, 0.15) is 5.56 Å². The number of anilines is 3. The lowest BCUT2D eigenvalue weighted by Crippen LogP contribution is -2.11. The molecule has 1 aromatic heterocycles. The van der Waals surface area contributed by atoms with Crippen LogP contribution in [0.15, 0.2) is 30.5 Å². The van der Waals surface area contributed by atoms with Gasteiger partial charge in [-0.1, -0.05) is 11.6 Å². The van der Waals surface area contributed by atoms with Crippen LogP contribution in [0.4, 0.5) is 30.6 Å². The van der Waals surface area contributed by atoms with Crippen molar-refractivity contribution in [2.45, 2.75) is 6.18 Å². The standard InChI is InChI=1S/C11H9ClF3N5/c12-8-5-17-10(20-16)19-9(8)18-7-3-1-6(2-4-7)11(13,14)15/h1-5H,16H2,(H2,17,18,19,20). The van der Waals surface area contributed by atoms with Gasteiger partial charge in [0.15, 0.2) is 5.82 Å². The summed E-state index contributed by atoms with van der Waals surface area (Å²) in [7, 11) is 0. The Morgan fingerprint density at radius 3 is 2.35 bits per heavy atom. The molecule has 0 amide bonds. The molecule has 0 fully saturated rings. The lowest BCUT2D eigenvalue weighted by molar-refractivity contribution is -0.137. The molecule has 2 aromatic rings. The first kappa shape index (κ1) is 14.4. The highest BCUT2D eigenvalue weighted by Gasteiger charge is 2.29. The van der Waals surface area contributed by atoms with E-state index in [0.29, 0.717) is 5.69 Å². The van der Waals surface area contributed by atoms with Crippen LogP contribution in [0.25, 0.3) is 0 Å². The number of nitrogens with zero attached hydrogens (tertiary/aromatic N) is 2. The fourth-order valence-electron chi connectivity index (χ4n) is 1.40. The number of halogens is 4. The van der Waals surface area contributed by atoms with Crippen LogP contribution in [0.5, 0.6) is 0 Å². The maximum atomic E-state index is 12.4. The molecule has 0 aliphatic rings. The molecule has 5 nitrogen and oxygen atoms in total. The van der Waals surface area contributed by atoms with Gasteiger partial charge in [0.1, 0.15) is 5.02 Å².